The van der Waals surface area contributed by atoms with Crippen LogP contribution in [0.15, 0.2) is 30.3 Å². The number of hydrogen-bond acceptors (Lipinski definition) is 6. The van der Waals surface area contributed by atoms with E-state index < -0.39 is 11.5 Å². The molecular weight excluding hydrogens is 422 g/mol. The maximum absolute atomic E-state index is 13.2. The summed E-state index contributed by atoms with van der Waals surface area (Å²) in [6, 6.07) is 9.91. The molecule has 1 aromatic heterocycles. The molecule has 4 N–H and O–H groups in total. The van der Waals surface area contributed by atoms with Crippen molar-refractivity contribution in [3.8, 4) is 0 Å². The van der Waals surface area contributed by atoms with E-state index >= 15 is 0 Å². The van der Waals surface area contributed by atoms with Crippen molar-refractivity contribution in [2.24, 2.45) is 16.7 Å². The molecule has 2 aliphatic rings. The molecule has 0 saturated heterocycles. The maximum atomic E-state index is 13.2. The molecule has 0 radical (unpaired) electrons. The predicted molar refractivity (Wildman–Crippen MR) is 128 cm³/mol. The summed E-state index contributed by atoms with van der Waals surface area (Å²) in [5.41, 5.74) is 1.27. The molecule has 0 aliphatic heterocycles. The van der Waals surface area contributed by atoms with Gasteiger partial charge in [0, 0.05) is 29.7 Å². The molecule has 6 unspecified atom stereocenters. The molecule has 1 aromatic carbocycles. The fraction of sp³-hybridized carbons (Fsp3) is 0.600. The van der Waals surface area contributed by atoms with Crippen molar-refractivity contribution in [2.45, 2.75) is 64.5 Å². The van der Waals surface area contributed by atoms with E-state index in [-0.39, 0.29) is 35.8 Å². The van der Waals surface area contributed by atoms with Crippen molar-refractivity contribution < 1.29 is 15.0 Å². The summed E-state index contributed by atoms with van der Waals surface area (Å²) in [5.74, 6) is 0.0247. The second kappa shape index (κ2) is 8.76. The van der Waals surface area contributed by atoms with Crippen LogP contribution in [0.4, 0.5) is 5.13 Å². The smallest absolute Gasteiger partial charge is 0.221 e. The van der Waals surface area contributed by atoms with E-state index in [9.17, 15) is 15.0 Å². The lowest BCUT2D eigenvalue weighted by atomic mass is 9.47. The molecule has 0 bridgehead atoms. The number of fused-ring (bicyclic) bond motifs is 2. The lowest BCUT2D eigenvalue weighted by Crippen LogP contribution is -2.57. The highest BCUT2D eigenvalue weighted by atomic mass is 32.1. The molecule has 2 aromatic rings. The lowest BCUT2D eigenvalue weighted by Gasteiger charge is -2.58. The van der Waals surface area contributed by atoms with Gasteiger partial charge < -0.3 is 20.8 Å². The number of hydrogen-bond donors (Lipinski definition) is 4. The van der Waals surface area contributed by atoms with Crippen LogP contribution in [-0.4, -0.2) is 40.9 Å². The van der Waals surface area contributed by atoms with Gasteiger partial charge in [-0.25, -0.2) is 4.98 Å². The van der Waals surface area contributed by atoms with E-state index in [0.29, 0.717) is 12.8 Å². The van der Waals surface area contributed by atoms with Crippen molar-refractivity contribution in [1.29, 1.82) is 0 Å². The number of amides is 1. The van der Waals surface area contributed by atoms with Gasteiger partial charge in [-0.05, 0) is 43.1 Å². The van der Waals surface area contributed by atoms with Crippen LogP contribution in [-0.2, 0) is 11.2 Å². The van der Waals surface area contributed by atoms with Crippen molar-refractivity contribution in [2.75, 3.05) is 19.0 Å². The van der Waals surface area contributed by atoms with E-state index in [2.05, 4.69) is 17.6 Å². The Morgan fingerprint density at radius 2 is 2.03 bits per heavy atom. The number of nitrogens with one attached hydrogen (secondary N) is 2. The zero-order valence-electron chi connectivity index (χ0n) is 19.4. The average molecular weight is 458 g/mol. The summed E-state index contributed by atoms with van der Waals surface area (Å²) in [5, 5.41) is 28.3. The third kappa shape index (κ3) is 3.84. The van der Waals surface area contributed by atoms with Crippen LogP contribution in [0.2, 0.25) is 0 Å². The second-order valence-electron chi connectivity index (χ2n) is 10.0. The number of aromatic nitrogens is 1. The number of thiazole rings is 1. The van der Waals surface area contributed by atoms with E-state index in [1.165, 1.54) is 4.88 Å². The number of benzene rings is 1. The Kier molecular flexibility index (Phi) is 6.36. The van der Waals surface area contributed by atoms with Crippen molar-refractivity contribution in [3.05, 3.63) is 46.5 Å². The SMILES string of the molecule is CNc1nc2c(s1)CC1C(C)(CO)C(O)CCC1(C)C2CC(=O)NC(C)c1ccccc1. The molecule has 6 nitrogen and oxygen atoms in total. The fourth-order valence-electron chi connectivity index (χ4n) is 6.06. The molecule has 1 amide bonds. The van der Waals surface area contributed by atoms with Gasteiger partial charge in [-0.1, -0.05) is 44.2 Å². The van der Waals surface area contributed by atoms with Crippen LogP contribution >= 0.6 is 11.3 Å². The Hall–Kier alpha value is -1.96. The average Bonchev–Trinajstić information content (AvgIpc) is 3.21. The Morgan fingerprint density at radius 3 is 2.69 bits per heavy atom. The first kappa shape index (κ1) is 23.2. The Labute approximate surface area is 194 Å². The Morgan fingerprint density at radius 1 is 1.31 bits per heavy atom. The molecule has 1 fully saturated rings. The molecule has 1 heterocycles. The number of carbonyl (C=O) groups excluding carboxylic acids is 1. The topological polar surface area (TPSA) is 94.5 Å². The highest BCUT2D eigenvalue weighted by Crippen LogP contribution is 2.62. The third-order valence-electron chi connectivity index (χ3n) is 8.17. The molecule has 1 saturated carbocycles. The summed E-state index contributed by atoms with van der Waals surface area (Å²) < 4.78 is 0. The van der Waals surface area contributed by atoms with Crippen LogP contribution < -0.4 is 10.6 Å². The molecule has 174 valence electrons. The molecule has 0 spiro atoms. The van der Waals surface area contributed by atoms with Gasteiger partial charge in [0.15, 0.2) is 5.13 Å². The minimum Gasteiger partial charge on any atom is -0.396 e. The normalized spacial score (nSPS) is 32.5. The second-order valence-corrected chi connectivity index (χ2v) is 11.1. The van der Waals surface area contributed by atoms with E-state index in [0.717, 1.165) is 29.2 Å². The number of anilines is 1. The summed E-state index contributed by atoms with van der Waals surface area (Å²) in [6.45, 7) is 6.17. The Bertz CT molecular complexity index is 965. The highest BCUT2D eigenvalue weighted by molar-refractivity contribution is 7.15. The standard InChI is InChI=1S/C25H35N3O3S/c1-15(16-8-6-5-7-9-16)27-21(31)12-17-22-18(32-23(26-4)28-22)13-19-24(17,2)11-10-20(30)25(19,3)14-29/h5-9,15,17,19-20,29-30H,10-14H2,1-4H3,(H,26,28)(H,27,31). The molecule has 4 rings (SSSR count). The minimum absolute atomic E-state index is 0.00927. The highest BCUT2D eigenvalue weighted by Gasteiger charge is 2.59. The van der Waals surface area contributed by atoms with Gasteiger partial charge in [0.05, 0.1) is 24.4 Å². The number of aliphatic hydroxyl groups is 2. The van der Waals surface area contributed by atoms with Crippen LogP contribution in [0.25, 0.3) is 0 Å². The molecular formula is C25H35N3O3S. The Balaban J connectivity index is 1.66. The first-order valence-electron chi connectivity index (χ1n) is 11.5. The summed E-state index contributed by atoms with van der Waals surface area (Å²) in [7, 11) is 1.86. The number of rotatable bonds is 6. The van der Waals surface area contributed by atoms with Gasteiger partial charge in [0.25, 0.3) is 0 Å². The number of carbonyl (C=O) groups is 1. The van der Waals surface area contributed by atoms with Gasteiger partial charge >= 0.3 is 0 Å². The number of nitrogens with zero attached hydrogens (tertiary/aromatic N) is 1. The molecule has 7 heteroatoms. The maximum Gasteiger partial charge on any atom is 0.221 e. The molecule has 2 aliphatic carbocycles. The van der Waals surface area contributed by atoms with E-state index in [1.807, 2.05) is 51.2 Å². The zero-order valence-corrected chi connectivity index (χ0v) is 20.2. The first-order valence-corrected chi connectivity index (χ1v) is 12.3. The molecule has 6 atom stereocenters. The minimum atomic E-state index is -0.597. The van der Waals surface area contributed by atoms with Crippen LogP contribution in [0, 0.1) is 16.7 Å². The summed E-state index contributed by atoms with van der Waals surface area (Å²) >= 11 is 1.63. The molecule has 32 heavy (non-hydrogen) atoms. The summed E-state index contributed by atoms with van der Waals surface area (Å²) in [4.78, 5) is 19.3. The van der Waals surface area contributed by atoms with Crippen LogP contribution in [0.1, 0.15) is 68.1 Å². The quantitative estimate of drug-likeness (QED) is 0.528. The first-order chi connectivity index (χ1) is 15.2. The fourth-order valence-corrected chi connectivity index (χ4v) is 7.09. The van der Waals surface area contributed by atoms with Gasteiger partial charge in [-0.3, -0.25) is 4.79 Å². The van der Waals surface area contributed by atoms with Crippen molar-refractivity contribution >= 4 is 22.4 Å². The largest absolute Gasteiger partial charge is 0.396 e. The monoisotopic (exact) mass is 457 g/mol. The predicted octanol–water partition coefficient (Wildman–Crippen LogP) is 3.87. The van der Waals surface area contributed by atoms with Gasteiger partial charge in [-0.2, -0.15) is 0 Å². The summed E-state index contributed by atoms with van der Waals surface area (Å²) in [6.07, 6.45) is 2.02. The lowest BCUT2D eigenvalue weighted by molar-refractivity contribution is -0.144. The van der Waals surface area contributed by atoms with Gasteiger partial charge in [0.2, 0.25) is 5.91 Å². The van der Waals surface area contributed by atoms with Crippen LogP contribution in [0.5, 0.6) is 0 Å². The van der Waals surface area contributed by atoms with Crippen LogP contribution in [0.3, 0.4) is 0 Å². The van der Waals surface area contributed by atoms with E-state index in [4.69, 9.17) is 4.98 Å². The van der Waals surface area contributed by atoms with Gasteiger partial charge in [-0.15, -0.1) is 11.3 Å². The van der Waals surface area contributed by atoms with E-state index in [1.54, 1.807) is 11.3 Å². The van der Waals surface area contributed by atoms with Crippen molar-refractivity contribution in [1.82, 2.24) is 10.3 Å². The third-order valence-corrected chi connectivity index (χ3v) is 9.29. The zero-order chi connectivity index (χ0) is 23.1. The van der Waals surface area contributed by atoms with Gasteiger partial charge in [0.1, 0.15) is 0 Å². The number of aliphatic hydroxyl groups excluding tert-OH is 2. The van der Waals surface area contributed by atoms with Crippen molar-refractivity contribution in [3.63, 3.8) is 0 Å².